The zero-order valence-electron chi connectivity index (χ0n) is 12.3. The molecule has 18 heavy (non-hydrogen) atoms. The van der Waals surface area contributed by atoms with Gasteiger partial charge in [-0.15, -0.1) is 0 Å². The van der Waals surface area contributed by atoms with Crippen LogP contribution in [-0.4, -0.2) is 25.3 Å². The number of rotatable bonds is 6. The second kappa shape index (κ2) is 7.76. The van der Waals surface area contributed by atoms with Crippen LogP contribution in [0.1, 0.15) is 47.0 Å². The van der Waals surface area contributed by atoms with E-state index in [-0.39, 0.29) is 6.04 Å². The lowest BCUT2D eigenvalue weighted by Gasteiger charge is -2.37. The number of nitriles is 1. The highest BCUT2D eigenvalue weighted by Gasteiger charge is 2.31. The molecule has 0 heterocycles. The van der Waals surface area contributed by atoms with Crippen LogP contribution in [-0.2, 0) is 4.74 Å². The van der Waals surface area contributed by atoms with E-state index >= 15 is 0 Å². The fourth-order valence-electron chi connectivity index (χ4n) is 2.91. The average Bonchev–Trinajstić information content (AvgIpc) is 2.34. The number of nitrogens with one attached hydrogen (secondary N) is 1. The molecule has 1 rings (SSSR count). The summed E-state index contributed by atoms with van der Waals surface area (Å²) in [7, 11) is 0. The lowest BCUT2D eigenvalue weighted by Crippen LogP contribution is -2.39. The number of hydrogen-bond acceptors (Lipinski definition) is 3. The van der Waals surface area contributed by atoms with E-state index in [2.05, 4.69) is 32.2 Å². The molecule has 1 saturated carbocycles. The highest BCUT2D eigenvalue weighted by atomic mass is 16.5. The van der Waals surface area contributed by atoms with E-state index in [1.165, 1.54) is 12.8 Å². The molecule has 0 bridgehead atoms. The molecule has 3 nitrogen and oxygen atoms in total. The van der Waals surface area contributed by atoms with Crippen LogP contribution < -0.4 is 5.32 Å². The molecule has 0 saturated heterocycles. The predicted octanol–water partition coefficient (Wildman–Crippen LogP) is 2.97. The van der Waals surface area contributed by atoms with Crippen LogP contribution in [0, 0.1) is 29.1 Å². The Hall–Kier alpha value is -0.590. The molecule has 0 aromatic heterocycles. The lowest BCUT2D eigenvalue weighted by atomic mass is 9.75. The van der Waals surface area contributed by atoms with E-state index in [1.54, 1.807) is 0 Å². The Balaban J connectivity index is 2.48. The van der Waals surface area contributed by atoms with Gasteiger partial charge in [-0.3, -0.25) is 0 Å². The first-order valence-corrected chi connectivity index (χ1v) is 7.33. The number of likely N-dealkylation sites (N-methyl/N-ethyl adjacent to an activating group) is 1. The van der Waals surface area contributed by atoms with E-state index < -0.39 is 0 Å². The van der Waals surface area contributed by atoms with Gasteiger partial charge in [-0.2, -0.15) is 5.26 Å². The summed E-state index contributed by atoms with van der Waals surface area (Å²) in [4.78, 5) is 0. The summed E-state index contributed by atoms with van der Waals surface area (Å²) in [6.07, 6.45) is 4.07. The van der Waals surface area contributed by atoms with Crippen LogP contribution in [0.4, 0.5) is 0 Å². The van der Waals surface area contributed by atoms with Gasteiger partial charge in [0.25, 0.3) is 0 Å². The van der Waals surface area contributed by atoms with Crippen LogP contribution in [0.5, 0.6) is 0 Å². The molecule has 0 amide bonds. The summed E-state index contributed by atoms with van der Waals surface area (Å²) in [5, 5.41) is 12.2. The number of hydrogen-bond donors (Lipinski definition) is 1. The smallest absolute Gasteiger partial charge is 0.119 e. The fraction of sp³-hybridized carbons (Fsp3) is 0.933. The van der Waals surface area contributed by atoms with Crippen LogP contribution >= 0.6 is 0 Å². The zero-order valence-corrected chi connectivity index (χ0v) is 12.3. The van der Waals surface area contributed by atoms with Gasteiger partial charge in [0.15, 0.2) is 0 Å². The van der Waals surface area contributed by atoms with Gasteiger partial charge in [-0.05, 0) is 37.1 Å². The van der Waals surface area contributed by atoms with Crippen molar-refractivity contribution in [2.24, 2.45) is 17.8 Å². The van der Waals surface area contributed by atoms with Gasteiger partial charge >= 0.3 is 0 Å². The van der Waals surface area contributed by atoms with Crippen molar-refractivity contribution < 1.29 is 4.74 Å². The third-order valence-electron chi connectivity index (χ3n) is 4.04. The predicted molar refractivity (Wildman–Crippen MR) is 74.2 cm³/mol. The van der Waals surface area contributed by atoms with E-state index in [4.69, 9.17) is 10.00 Å². The van der Waals surface area contributed by atoms with Gasteiger partial charge < -0.3 is 10.1 Å². The Kier molecular flexibility index (Phi) is 6.67. The van der Waals surface area contributed by atoms with Crippen molar-refractivity contribution in [1.82, 2.24) is 5.32 Å². The van der Waals surface area contributed by atoms with E-state index in [1.807, 2.05) is 6.92 Å². The molecule has 0 aromatic carbocycles. The Morgan fingerprint density at radius 3 is 2.67 bits per heavy atom. The van der Waals surface area contributed by atoms with Gasteiger partial charge in [0.1, 0.15) is 6.04 Å². The second-order valence-electron chi connectivity index (χ2n) is 5.94. The van der Waals surface area contributed by atoms with Gasteiger partial charge in [-0.25, -0.2) is 0 Å². The molecule has 0 aliphatic heterocycles. The third kappa shape index (κ3) is 4.59. The van der Waals surface area contributed by atoms with Crippen LogP contribution in [0.15, 0.2) is 0 Å². The lowest BCUT2D eigenvalue weighted by molar-refractivity contribution is -0.0415. The molecular weight excluding hydrogens is 224 g/mol. The topological polar surface area (TPSA) is 45.0 Å². The maximum absolute atomic E-state index is 9.02. The normalized spacial score (nSPS) is 30.1. The molecule has 1 N–H and O–H groups in total. The van der Waals surface area contributed by atoms with E-state index in [0.29, 0.717) is 24.5 Å². The van der Waals surface area contributed by atoms with Crippen molar-refractivity contribution in [3.05, 3.63) is 0 Å². The molecule has 3 heteroatoms. The van der Waals surface area contributed by atoms with Crippen LogP contribution in [0.3, 0.4) is 0 Å². The molecule has 0 spiro atoms. The third-order valence-corrected chi connectivity index (χ3v) is 4.04. The Bertz CT molecular complexity index is 272. The van der Waals surface area contributed by atoms with E-state index in [9.17, 15) is 0 Å². The van der Waals surface area contributed by atoms with Gasteiger partial charge in [0.2, 0.25) is 0 Å². The monoisotopic (exact) mass is 252 g/mol. The first-order valence-electron chi connectivity index (χ1n) is 7.33. The van der Waals surface area contributed by atoms with Gasteiger partial charge in [0.05, 0.1) is 18.8 Å². The molecular formula is C15H28N2O. The fourth-order valence-corrected chi connectivity index (χ4v) is 2.91. The van der Waals surface area contributed by atoms with Crippen molar-refractivity contribution >= 4 is 0 Å². The van der Waals surface area contributed by atoms with Crippen molar-refractivity contribution in [3.8, 4) is 6.07 Å². The van der Waals surface area contributed by atoms with Gasteiger partial charge in [0, 0.05) is 0 Å². The highest BCUT2D eigenvalue weighted by Crippen LogP contribution is 2.35. The van der Waals surface area contributed by atoms with Gasteiger partial charge in [-0.1, -0.05) is 34.1 Å². The minimum absolute atomic E-state index is 0.167. The molecule has 1 fully saturated rings. The minimum atomic E-state index is -0.167. The maximum atomic E-state index is 9.02. The Labute approximate surface area is 112 Å². The SMILES string of the molecule is CCNC(C#N)COC1CC(C)CCC1C(C)C. The van der Waals surface area contributed by atoms with E-state index in [0.717, 1.165) is 18.9 Å². The number of ether oxygens (including phenoxy) is 1. The summed E-state index contributed by atoms with van der Waals surface area (Å²) in [5.41, 5.74) is 0. The van der Waals surface area contributed by atoms with Crippen LogP contribution in [0.25, 0.3) is 0 Å². The van der Waals surface area contributed by atoms with Crippen molar-refractivity contribution in [2.75, 3.05) is 13.2 Å². The summed E-state index contributed by atoms with van der Waals surface area (Å²) in [5.74, 6) is 2.08. The molecule has 1 aliphatic carbocycles. The largest absolute Gasteiger partial charge is 0.375 e. The highest BCUT2D eigenvalue weighted by molar-refractivity contribution is 4.90. The average molecular weight is 252 g/mol. The molecule has 0 radical (unpaired) electrons. The first kappa shape index (κ1) is 15.5. The zero-order chi connectivity index (χ0) is 13.5. The van der Waals surface area contributed by atoms with Crippen molar-refractivity contribution in [1.29, 1.82) is 5.26 Å². The Morgan fingerprint density at radius 2 is 2.11 bits per heavy atom. The molecule has 4 atom stereocenters. The summed E-state index contributed by atoms with van der Waals surface area (Å²) < 4.78 is 6.05. The first-order chi connectivity index (χ1) is 8.58. The standard InChI is InChI=1S/C15H28N2O/c1-5-17-13(9-16)10-18-15-8-12(4)6-7-14(15)11(2)3/h11-15,17H,5-8,10H2,1-4H3. The number of nitrogens with zero attached hydrogens (tertiary/aromatic N) is 1. The molecule has 104 valence electrons. The molecule has 4 unspecified atom stereocenters. The summed E-state index contributed by atoms with van der Waals surface area (Å²) in [6.45, 7) is 10.2. The van der Waals surface area contributed by atoms with Crippen molar-refractivity contribution in [2.45, 2.75) is 59.1 Å². The summed E-state index contributed by atoms with van der Waals surface area (Å²) in [6, 6.07) is 2.10. The molecule has 1 aliphatic rings. The summed E-state index contributed by atoms with van der Waals surface area (Å²) >= 11 is 0. The van der Waals surface area contributed by atoms with Crippen molar-refractivity contribution in [3.63, 3.8) is 0 Å². The van der Waals surface area contributed by atoms with Crippen LogP contribution in [0.2, 0.25) is 0 Å². The minimum Gasteiger partial charge on any atom is -0.375 e. The second-order valence-corrected chi connectivity index (χ2v) is 5.94. The quantitative estimate of drug-likeness (QED) is 0.790. The molecule has 0 aromatic rings. The Morgan fingerprint density at radius 1 is 1.39 bits per heavy atom. The maximum Gasteiger partial charge on any atom is 0.119 e.